The van der Waals surface area contributed by atoms with Gasteiger partial charge in [-0.1, -0.05) is 12.1 Å². The molecule has 3 N–H and O–H groups in total. The number of hydrogen-bond acceptors (Lipinski definition) is 4. The van der Waals surface area contributed by atoms with Crippen molar-refractivity contribution in [3.63, 3.8) is 0 Å². The number of nitrogens with two attached hydrogens (primary N) is 1. The standard InChI is InChI=1S/C12H11FN2O2S/c13-8-4-2-1-3-7(8)11-15-10(12(16)17)9(18-11)5-6-14/h1-4H,5-6,14H2,(H,16,17). The fourth-order valence-corrected chi connectivity index (χ4v) is 2.66. The third-order valence-electron chi connectivity index (χ3n) is 2.38. The average Bonchev–Trinajstić information content (AvgIpc) is 2.74. The predicted molar refractivity (Wildman–Crippen MR) is 67.2 cm³/mol. The normalized spacial score (nSPS) is 10.6. The molecular formula is C12H11FN2O2S. The molecule has 0 atom stereocenters. The summed E-state index contributed by atoms with van der Waals surface area (Å²) in [5.41, 5.74) is 5.69. The second kappa shape index (κ2) is 5.24. The van der Waals surface area contributed by atoms with E-state index >= 15 is 0 Å². The molecule has 6 heteroatoms. The Morgan fingerprint density at radius 2 is 2.17 bits per heavy atom. The maximum atomic E-state index is 13.6. The number of halogens is 1. The van der Waals surface area contributed by atoms with Crippen molar-refractivity contribution < 1.29 is 14.3 Å². The maximum absolute atomic E-state index is 13.6. The molecule has 0 saturated heterocycles. The fourth-order valence-electron chi connectivity index (χ4n) is 1.57. The van der Waals surface area contributed by atoms with Crippen molar-refractivity contribution in [2.75, 3.05) is 6.54 Å². The van der Waals surface area contributed by atoms with E-state index in [0.29, 0.717) is 28.4 Å². The lowest BCUT2D eigenvalue weighted by atomic mass is 10.2. The fraction of sp³-hybridized carbons (Fsp3) is 0.167. The monoisotopic (exact) mass is 266 g/mol. The second-order valence-electron chi connectivity index (χ2n) is 3.61. The van der Waals surface area contributed by atoms with Crippen LogP contribution in [0.25, 0.3) is 10.6 Å². The Bertz CT molecular complexity index is 583. The van der Waals surface area contributed by atoms with Crippen LogP contribution in [0.5, 0.6) is 0 Å². The molecule has 0 spiro atoms. The quantitative estimate of drug-likeness (QED) is 0.889. The van der Waals surface area contributed by atoms with Crippen LogP contribution in [-0.4, -0.2) is 22.6 Å². The second-order valence-corrected chi connectivity index (χ2v) is 4.70. The van der Waals surface area contributed by atoms with Gasteiger partial charge in [-0.05, 0) is 25.1 Å². The number of aromatic nitrogens is 1. The first-order valence-electron chi connectivity index (χ1n) is 5.31. The minimum absolute atomic E-state index is 0.0382. The Kier molecular flexibility index (Phi) is 3.69. The first-order valence-corrected chi connectivity index (χ1v) is 6.13. The van der Waals surface area contributed by atoms with Crippen molar-refractivity contribution in [1.29, 1.82) is 0 Å². The van der Waals surface area contributed by atoms with Gasteiger partial charge < -0.3 is 10.8 Å². The van der Waals surface area contributed by atoms with Gasteiger partial charge in [-0.25, -0.2) is 14.2 Å². The Morgan fingerprint density at radius 3 is 2.78 bits per heavy atom. The summed E-state index contributed by atoms with van der Waals surface area (Å²) < 4.78 is 13.6. The van der Waals surface area contributed by atoms with Gasteiger partial charge in [0.25, 0.3) is 0 Å². The number of carboxylic acid groups (broad SMARTS) is 1. The highest BCUT2D eigenvalue weighted by Gasteiger charge is 2.18. The van der Waals surface area contributed by atoms with E-state index in [1.807, 2.05) is 0 Å². The zero-order valence-corrected chi connectivity index (χ0v) is 10.2. The largest absolute Gasteiger partial charge is 0.476 e. The summed E-state index contributed by atoms with van der Waals surface area (Å²) in [6.45, 7) is 0.333. The van der Waals surface area contributed by atoms with Gasteiger partial charge in [-0.15, -0.1) is 11.3 Å². The van der Waals surface area contributed by atoms with E-state index in [0.717, 1.165) is 0 Å². The average molecular weight is 266 g/mol. The number of carboxylic acids is 1. The molecule has 0 aliphatic rings. The Hall–Kier alpha value is -1.79. The van der Waals surface area contributed by atoms with Crippen LogP contribution in [0.4, 0.5) is 4.39 Å². The molecule has 1 aromatic carbocycles. The lowest BCUT2D eigenvalue weighted by Crippen LogP contribution is -2.06. The summed E-state index contributed by atoms with van der Waals surface area (Å²) >= 11 is 1.17. The third-order valence-corrected chi connectivity index (χ3v) is 3.52. The van der Waals surface area contributed by atoms with E-state index in [9.17, 15) is 9.18 Å². The number of hydrogen-bond donors (Lipinski definition) is 2. The molecule has 0 saturated carbocycles. The molecule has 18 heavy (non-hydrogen) atoms. The summed E-state index contributed by atoms with van der Waals surface area (Å²) in [7, 11) is 0. The van der Waals surface area contributed by atoms with E-state index in [1.54, 1.807) is 18.2 Å². The van der Waals surface area contributed by atoms with E-state index in [-0.39, 0.29) is 5.69 Å². The Labute approximate surface area is 107 Å². The van der Waals surface area contributed by atoms with E-state index in [4.69, 9.17) is 10.8 Å². The van der Waals surface area contributed by atoms with Crippen LogP contribution in [0.1, 0.15) is 15.4 Å². The number of thiazole rings is 1. The molecule has 0 unspecified atom stereocenters. The molecule has 0 aliphatic heterocycles. The summed E-state index contributed by atoms with van der Waals surface area (Å²) in [5.74, 6) is -1.53. The molecule has 94 valence electrons. The van der Waals surface area contributed by atoms with Gasteiger partial charge >= 0.3 is 5.97 Å². The van der Waals surface area contributed by atoms with Crippen LogP contribution in [0.2, 0.25) is 0 Å². The number of benzene rings is 1. The van der Waals surface area contributed by atoms with Gasteiger partial charge in [0.1, 0.15) is 10.8 Å². The van der Waals surface area contributed by atoms with Crippen molar-refractivity contribution >= 4 is 17.3 Å². The molecule has 0 radical (unpaired) electrons. The van der Waals surface area contributed by atoms with Crippen molar-refractivity contribution in [2.24, 2.45) is 5.73 Å². The highest BCUT2D eigenvalue weighted by Crippen LogP contribution is 2.30. The Balaban J connectivity index is 2.50. The van der Waals surface area contributed by atoms with Crippen LogP contribution >= 0.6 is 11.3 Å². The summed E-state index contributed by atoms with van der Waals surface area (Å²) in [4.78, 5) is 15.6. The van der Waals surface area contributed by atoms with Gasteiger partial charge in [0.15, 0.2) is 5.69 Å². The molecule has 0 fully saturated rings. The predicted octanol–water partition coefficient (Wildman–Crippen LogP) is 2.15. The van der Waals surface area contributed by atoms with Gasteiger partial charge in [-0.3, -0.25) is 0 Å². The molecule has 1 aromatic heterocycles. The first-order chi connectivity index (χ1) is 8.63. The van der Waals surface area contributed by atoms with Crippen LogP contribution < -0.4 is 5.73 Å². The SMILES string of the molecule is NCCc1sc(-c2ccccc2F)nc1C(=O)O. The van der Waals surface area contributed by atoms with Gasteiger partial charge in [0.05, 0.1) is 0 Å². The summed E-state index contributed by atoms with van der Waals surface area (Å²) in [6, 6.07) is 6.15. The highest BCUT2D eigenvalue weighted by atomic mass is 32.1. The summed E-state index contributed by atoms with van der Waals surface area (Å²) in [6.07, 6.45) is 0.424. The van der Waals surface area contributed by atoms with Crippen LogP contribution in [0, 0.1) is 5.82 Å². The molecule has 2 aromatic rings. The molecular weight excluding hydrogens is 255 g/mol. The third kappa shape index (κ3) is 2.39. The van der Waals surface area contributed by atoms with Crippen LogP contribution in [0.15, 0.2) is 24.3 Å². The summed E-state index contributed by atoms with van der Waals surface area (Å²) in [5, 5.41) is 9.40. The molecule has 2 rings (SSSR count). The Morgan fingerprint density at radius 1 is 1.44 bits per heavy atom. The minimum Gasteiger partial charge on any atom is -0.476 e. The number of nitrogens with zero attached hydrogens (tertiary/aromatic N) is 1. The topological polar surface area (TPSA) is 76.2 Å². The van der Waals surface area contributed by atoms with Gasteiger partial charge in [-0.2, -0.15) is 0 Å². The van der Waals surface area contributed by atoms with E-state index in [1.165, 1.54) is 17.4 Å². The van der Waals surface area contributed by atoms with Crippen LogP contribution in [0.3, 0.4) is 0 Å². The highest BCUT2D eigenvalue weighted by molar-refractivity contribution is 7.15. The van der Waals surface area contributed by atoms with Crippen molar-refractivity contribution in [2.45, 2.75) is 6.42 Å². The smallest absolute Gasteiger partial charge is 0.355 e. The molecule has 0 aliphatic carbocycles. The maximum Gasteiger partial charge on any atom is 0.355 e. The number of aromatic carboxylic acids is 1. The van der Waals surface area contributed by atoms with E-state index in [2.05, 4.69) is 4.98 Å². The number of rotatable bonds is 4. The lowest BCUT2D eigenvalue weighted by Gasteiger charge is -1.96. The molecule has 0 bridgehead atoms. The van der Waals surface area contributed by atoms with Crippen molar-refractivity contribution in [1.82, 2.24) is 4.98 Å². The zero-order valence-electron chi connectivity index (χ0n) is 9.39. The van der Waals surface area contributed by atoms with Crippen molar-refractivity contribution in [3.8, 4) is 10.6 Å². The molecule has 4 nitrogen and oxygen atoms in total. The number of carbonyl (C=O) groups is 1. The van der Waals surface area contributed by atoms with Crippen molar-refractivity contribution in [3.05, 3.63) is 40.7 Å². The van der Waals surface area contributed by atoms with Gasteiger partial charge in [0.2, 0.25) is 0 Å². The molecule has 1 heterocycles. The molecule has 0 amide bonds. The first kappa shape index (κ1) is 12.7. The lowest BCUT2D eigenvalue weighted by molar-refractivity contribution is 0.0690. The van der Waals surface area contributed by atoms with Gasteiger partial charge in [0, 0.05) is 10.4 Å². The minimum atomic E-state index is -1.11. The zero-order chi connectivity index (χ0) is 13.1. The van der Waals surface area contributed by atoms with Crippen LogP contribution in [-0.2, 0) is 6.42 Å². The van der Waals surface area contributed by atoms with E-state index < -0.39 is 11.8 Å².